The van der Waals surface area contributed by atoms with E-state index >= 15 is 0 Å². The van der Waals surface area contributed by atoms with Gasteiger partial charge in [-0.25, -0.2) is 4.98 Å². The van der Waals surface area contributed by atoms with Gasteiger partial charge in [-0.1, -0.05) is 0 Å². The van der Waals surface area contributed by atoms with E-state index < -0.39 is 0 Å². The second-order valence-corrected chi connectivity index (χ2v) is 8.36. The Morgan fingerprint density at radius 1 is 1.30 bits per heavy atom. The van der Waals surface area contributed by atoms with Crippen LogP contribution in [-0.2, 0) is 20.9 Å². The highest BCUT2D eigenvalue weighted by Gasteiger charge is 2.34. The average Bonchev–Trinajstić information content (AvgIpc) is 3.07. The van der Waals surface area contributed by atoms with Crippen LogP contribution in [0.1, 0.15) is 38.3 Å². The van der Waals surface area contributed by atoms with Gasteiger partial charge in [-0.2, -0.15) is 0 Å². The number of carbonyl (C=O) groups excluding carboxylic acids is 2. The molecule has 3 heterocycles. The first-order valence-electron chi connectivity index (χ1n) is 9.74. The van der Waals surface area contributed by atoms with Crippen molar-refractivity contribution < 1.29 is 14.3 Å². The maximum Gasteiger partial charge on any atom is 0.227 e. The van der Waals surface area contributed by atoms with Crippen molar-refractivity contribution in [2.45, 2.75) is 51.2 Å². The van der Waals surface area contributed by atoms with Crippen molar-refractivity contribution in [2.75, 3.05) is 33.4 Å². The van der Waals surface area contributed by atoms with Gasteiger partial charge in [0.1, 0.15) is 0 Å². The van der Waals surface area contributed by atoms with E-state index in [-0.39, 0.29) is 23.8 Å². The van der Waals surface area contributed by atoms with Crippen LogP contribution in [0.15, 0.2) is 10.9 Å². The number of likely N-dealkylation sites (tertiary alicyclic amines) is 1. The summed E-state index contributed by atoms with van der Waals surface area (Å²) in [7, 11) is 1.86. The Bertz CT molecular complexity index is 618. The van der Waals surface area contributed by atoms with Gasteiger partial charge in [0.05, 0.1) is 23.7 Å². The van der Waals surface area contributed by atoms with E-state index in [1.807, 2.05) is 12.4 Å². The summed E-state index contributed by atoms with van der Waals surface area (Å²) in [6, 6.07) is 0.527. The fourth-order valence-electron chi connectivity index (χ4n) is 4.13. The maximum absolute atomic E-state index is 13.1. The number of nitrogens with zero attached hydrogens (tertiary/aromatic N) is 3. The first kappa shape index (κ1) is 20.2. The lowest BCUT2D eigenvalue weighted by molar-refractivity contribution is -0.135. The van der Waals surface area contributed by atoms with Crippen LogP contribution < -0.4 is 5.32 Å². The molecule has 2 saturated heterocycles. The number of ether oxygens (including phenoxy) is 1. The Labute approximate surface area is 165 Å². The predicted molar refractivity (Wildman–Crippen MR) is 104 cm³/mol. The highest BCUT2D eigenvalue weighted by Crippen LogP contribution is 2.24. The molecule has 3 rings (SSSR count). The number of nitrogens with one attached hydrogen (secondary N) is 1. The van der Waals surface area contributed by atoms with Crippen LogP contribution in [0.4, 0.5) is 0 Å². The molecule has 1 aromatic heterocycles. The lowest BCUT2D eigenvalue weighted by Crippen LogP contribution is -2.48. The van der Waals surface area contributed by atoms with Crippen molar-refractivity contribution in [3.8, 4) is 0 Å². The molecule has 0 aliphatic carbocycles. The van der Waals surface area contributed by atoms with E-state index in [4.69, 9.17) is 4.74 Å². The van der Waals surface area contributed by atoms with Crippen LogP contribution >= 0.6 is 11.3 Å². The van der Waals surface area contributed by atoms with Crippen molar-refractivity contribution in [2.24, 2.45) is 5.92 Å². The molecule has 2 aliphatic heterocycles. The third kappa shape index (κ3) is 5.73. The van der Waals surface area contributed by atoms with Gasteiger partial charge in [0, 0.05) is 57.7 Å². The molecule has 1 N–H and O–H groups in total. The van der Waals surface area contributed by atoms with Gasteiger partial charge in [-0.15, -0.1) is 11.3 Å². The molecule has 0 aromatic carbocycles. The monoisotopic (exact) mass is 394 g/mol. The summed E-state index contributed by atoms with van der Waals surface area (Å²) < 4.78 is 5.51. The van der Waals surface area contributed by atoms with Crippen LogP contribution in [-0.4, -0.2) is 72.0 Å². The molecule has 0 unspecified atom stereocenters. The Morgan fingerprint density at radius 2 is 2.07 bits per heavy atom. The molecule has 0 spiro atoms. The van der Waals surface area contributed by atoms with Crippen molar-refractivity contribution in [3.63, 3.8) is 0 Å². The Kier molecular flexibility index (Phi) is 7.20. The molecule has 0 bridgehead atoms. The van der Waals surface area contributed by atoms with E-state index in [0.29, 0.717) is 12.6 Å². The minimum Gasteiger partial charge on any atom is -0.381 e. The quantitative estimate of drug-likeness (QED) is 0.819. The first-order chi connectivity index (χ1) is 13.0. The lowest BCUT2D eigenvalue weighted by Gasteiger charge is -2.36. The summed E-state index contributed by atoms with van der Waals surface area (Å²) in [4.78, 5) is 33.2. The molecular formula is C19H30N4O3S. The molecular weight excluding hydrogens is 364 g/mol. The van der Waals surface area contributed by atoms with Crippen LogP contribution in [0.3, 0.4) is 0 Å². The number of hydrogen-bond acceptors (Lipinski definition) is 6. The van der Waals surface area contributed by atoms with Gasteiger partial charge >= 0.3 is 0 Å². The van der Waals surface area contributed by atoms with Gasteiger partial charge in [-0.05, 0) is 25.7 Å². The zero-order valence-corrected chi connectivity index (χ0v) is 17.0. The molecule has 0 radical (unpaired) electrons. The summed E-state index contributed by atoms with van der Waals surface area (Å²) in [6.45, 7) is 5.21. The molecule has 2 atom stereocenters. The summed E-state index contributed by atoms with van der Waals surface area (Å²) in [5.74, 6) is 0.121. The smallest absolute Gasteiger partial charge is 0.227 e. The summed E-state index contributed by atoms with van der Waals surface area (Å²) in [5, 5.41) is 5.05. The highest BCUT2D eigenvalue weighted by molar-refractivity contribution is 7.07. The summed E-state index contributed by atoms with van der Waals surface area (Å²) >= 11 is 1.55. The van der Waals surface area contributed by atoms with E-state index in [1.165, 1.54) is 0 Å². The number of rotatable bonds is 5. The molecule has 2 fully saturated rings. The Hall–Kier alpha value is -1.51. The fraction of sp³-hybridized carbons (Fsp3) is 0.737. The molecule has 1 aromatic rings. The number of hydrogen-bond donors (Lipinski definition) is 1. The first-order valence-corrected chi connectivity index (χ1v) is 10.7. The van der Waals surface area contributed by atoms with Crippen LogP contribution in [0.25, 0.3) is 0 Å². The number of carbonyl (C=O) groups is 2. The summed E-state index contributed by atoms with van der Waals surface area (Å²) in [5.41, 5.74) is 2.73. The fourth-order valence-corrected chi connectivity index (χ4v) is 4.68. The minimum atomic E-state index is -0.0461. The van der Waals surface area contributed by atoms with Gasteiger partial charge in [0.25, 0.3) is 0 Å². The van der Waals surface area contributed by atoms with Crippen molar-refractivity contribution in [3.05, 3.63) is 16.6 Å². The van der Waals surface area contributed by atoms with Gasteiger partial charge in [-0.3, -0.25) is 14.5 Å². The Morgan fingerprint density at radius 3 is 2.74 bits per heavy atom. The van der Waals surface area contributed by atoms with E-state index in [1.54, 1.807) is 28.7 Å². The average molecular weight is 395 g/mol. The highest BCUT2D eigenvalue weighted by atomic mass is 32.1. The SMILES string of the molecule is CC(=O)N[C@H]1CC[C@@H](C(=O)N(C)Cc2cscn2)CN(C2CCOCC2)C1. The molecule has 2 amide bonds. The molecule has 7 nitrogen and oxygen atoms in total. The van der Waals surface area contributed by atoms with Crippen LogP contribution in [0, 0.1) is 5.92 Å². The number of amides is 2. The second-order valence-electron chi connectivity index (χ2n) is 7.64. The standard InChI is InChI=1S/C19H30N4O3S/c1-14(24)21-16-4-3-15(9-23(11-16)18-5-7-26-8-6-18)19(25)22(2)10-17-12-27-13-20-17/h12-13,15-16,18H,3-11H2,1-2H3,(H,21,24)/t15-,16+/m1/s1. The van der Waals surface area contributed by atoms with Crippen LogP contribution in [0.2, 0.25) is 0 Å². The molecule has 27 heavy (non-hydrogen) atoms. The van der Waals surface area contributed by atoms with Crippen molar-refractivity contribution in [1.82, 2.24) is 20.1 Å². The Balaban J connectivity index is 1.67. The molecule has 2 aliphatic rings. The largest absolute Gasteiger partial charge is 0.381 e. The lowest BCUT2D eigenvalue weighted by atomic mass is 9.99. The van der Waals surface area contributed by atoms with Crippen molar-refractivity contribution >= 4 is 23.2 Å². The van der Waals surface area contributed by atoms with Crippen LogP contribution in [0.5, 0.6) is 0 Å². The minimum absolute atomic E-state index is 0.00245. The van der Waals surface area contributed by atoms with E-state index in [2.05, 4.69) is 15.2 Å². The van der Waals surface area contributed by atoms with E-state index in [9.17, 15) is 9.59 Å². The van der Waals surface area contributed by atoms with Crippen molar-refractivity contribution in [1.29, 1.82) is 0 Å². The maximum atomic E-state index is 13.1. The van der Waals surface area contributed by atoms with Gasteiger partial charge in [0.15, 0.2) is 0 Å². The normalized spacial score (nSPS) is 25.0. The molecule has 150 valence electrons. The third-order valence-electron chi connectivity index (χ3n) is 5.50. The number of aromatic nitrogens is 1. The number of thiazole rings is 1. The topological polar surface area (TPSA) is 74.8 Å². The van der Waals surface area contributed by atoms with Gasteiger partial charge < -0.3 is 15.0 Å². The zero-order chi connectivity index (χ0) is 19.2. The second kappa shape index (κ2) is 9.61. The molecule has 8 heteroatoms. The zero-order valence-electron chi connectivity index (χ0n) is 16.2. The van der Waals surface area contributed by atoms with E-state index in [0.717, 1.165) is 57.7 Å². The summed E-state index contributed by atoms with van der Waals surface area (Å²) in [6.07, 6.45) is 3.61. The van der Waals surface area contributed by atoms with Gasteiger partial charge in [0.2, 0.25) is 11.8 Å². The third-order valence-corrected chi connectivity index (χ3v) is 6.13. The predicted octanol–water partition coefficient (Wildman–Crippen LogP) is 1.50. The molecule has 0 saturated carbocycles.